The van der Waals surface area contributed by atoms with Crippen molar-refractivity contribution in [3.8, 4) is 0 Å². The van der Waals surface area contributed by atoms with Gasteiger partial charge in [-0.2, -0.15) is 0 Å². The van der Waals surface area contributed by atoms with Crippen LogP contribution in [0.3, 0.4) is 0 Å². The van der Waals surface area contributed by atoms with E-state index >= 15 is 0 Å². The van der Waals surface area contributed by atoms with E-state index in [1.807, 2.05) is 68.4 Å². The van der Waals surface area contributed by atoms with Crippen LogP contribution in [0.1, 0.15) is 76.9 Å². The van der Waals surface area contributed by atoms with Gasteiger partial charge < -0.3 is 10.2 Å². The molecule has 2 aliphatic rings. The van der Waals surface area contributed by atoms with E-state index in [2.05, 4.69) is 22.3 Å². The summed E-state index contributed by atoms with van der Waals surface area (Å²) in [6, 6.07) is 24.9. The highest BCUT2D eigenvalue weighted by molar-refractivity contribution is 6.21. The Kier molecular flexibility index (Phi) is 7.70. The summed E-state index contributed by atoms with van der Waals surface area (Å²) in [5.74, 6) is 0.0124. The van der Waals surface area contributed by atoms with Crippen LogP contribution >= 0.6 is 0 Å². The zero-order chi connectivity index (χ0) is 26.6. The lowest BCUT2D eigenvalue weighted by Gasteiger charge is -2.34. The average Bonchev–Trinajstić information content (AvgIpc) is 3.20. The van der Waals surface area contributed by atoms with Crippen LogP contribution < -0.4 is 5.32 Å². The number of carbonyl (C=O) groups is 3. The molecular weight excluding hydrogens is 474 g/mol. The summed E-state index contributed by atoms with van der Waals surface area (Å²) in [6.45, 7) is 6.51. The topological polar surface area (TPSA) is 69.7 Å². The lowest BCUT2D eigenvalue weighted by molar-refractivity contribution is -0.118. The highest BCUT2D eigenvalue weighted by atomic mass is 16.2. The van der Waals surface area contributed by atoms with Crippen LogP contribution in [0.5, 0.6) is 0 Å². The predicted octanol–water partition coefficient (Wildman–Crippen LogP) is 5.89. The van der Waals surface area contributed by atoms with Gasteiger partial charge in [0.15, 0.2) is 0 Å². The average molecular weight is 510 g/mol. The Balaban J connectivity index is 1.23. The highest BCUT2D eigenvalue weighted by Crippen LogP contribution is 2.35. The quantitative estimate of drug-likeness (QED) is 0.385. The van der Waals surface area contributed by atoms with Gasteiger partial charge >= 0.3 is 0 Å². The van der Waals surface area contributed by atoms with Gasteiger partial charge in [0, 0.05) is 18.2 Å². The van der Waals surface area contributed by atoms with Crippen LogP contribution in [0.25, 0.3) is 0 Å². The Morgan fingerprint density at radius 2 is 1.50 bits per heavy atom. The van der Waals surface area contributed by atoms with Gasteiger partial charge in [-0.05, 0) is 73.7 Å². The first-order valence-corrected chi connectivity index (χ1v) is 13.6. The Morgan fingerprint density at radius 3 is 2.13 bits per heavy atom. The molecule has 3 aromatic rings. The van der Waals surface area contributed by atoms with Crippen molar-refractivity contribution in [3.63, 3.8) is 0 Å². The fourth-order valence-electron chi connectivity index (χ4n) is 5.56. The molecule has 0 aliphatic carbocycles. The van der Waals surface area contributed by atoms with E-state index in [1.54, 1.807) is 12.1 Å². The first-order valence-electron chi connectivity index (χ1n) is 13.6. The molecule has 3 aromatic carbocycles. The summed E-state index contributed by atoms with van der Waals surface area (Å²) in [5.41, 5.74) is 4.09. The Morgan fingerprint density at radius 1 is 0.868 bits per heavy atom. The zero-order valence-electron chi connectivity index (χ0n) is 22.1. The molecule has 1 fully saturated rings. The second-order valence-corrected chi connectivity index (χ2v) is 10.6. The standard InChI is InChI=1S/C32H35N3O3/c1-22(2)30(36)33-26-12-8-11-25(21-26)23-15-18-34(19-16-23)20-17-29(24-9-4-3-5-10-24)35-31(37)27-13-6-7-14-28(27)32(35)38/h3-14,21-23,29H,15-20H2,1-2H3,(H,33,36). The molecule has 0 radical (unpaired) electrons. The smallest absolute Gasteiger partial charge is 0.262 e. The number of carbonyl (C=O) groups excluding carboxylic acids is 3. The molecule has 196 valence electrons. The van der Waals surface area contributed by atoms with E-state index in [-0.39, 0.29) is 29.7 Å². The number of hydrogen-bond donors (Lipinski definition) is 1. The van der Waals surface area contributed by atoms with Crippen LogP contribution in [0.2, 0.25) is 0 Å². The van der Waals surface area contributed by atoms with Crippen LogP contribution in [-0.2, 0) is 4.79 Å². The minimum atomic E-state index is -0.303. The molecule has 5 rings (SSSR count). The van der Waals surface area contributed by atoms with Crippen LogP contribution in [0.15, 0.2) is 78.9 Å². The third-order valence-electron chi connectivity index (χ3n) is 7.78. The third kappa shape index (κ3) is 5.41. The zero-order valence-corrected chi connectivity index (χ0v) is 22.1. The van der Waals surface area contributed by atoms with Crippen LogP contribution in [0, 0.1) is 5.92 Å². The number of benzene rings is 3. The Labute approximate surface area is 224 Å². The predicted molar refractivity (Wildman–Crippen MR) is 149 cm³/mol. The van der Waals surface area contributed by atoms with Gasteiger partial charge in [-0.1, -0.05) is 68.4 Å². The van der Waals surface area contributed by atoms with Crippen molar-refractivity contribution in [1.29, 1.82) is 0 Å². The Bertz CT molecular complexity index is 1280. The largest absolute Gasteiger partial charge is 0.326 e. The van der Waals surface area contributed by atoms with Gasteiger partial charge in [-0.15, -0.1) is 0 Å². The number of anilines is 1. The maximum atomic E-state index is 13.3. The lowest BCUT2D eigenvalue weighted by Crippen LogP contribution is -2.38. The number of hydrogen-bond acceptors (Lipinski definition) is 4. The number of piperidine rings is 1. The van der Waals surface area contributed by atoms with E-state index in [9.17, 15) is 14.4 Å². The van der Waals surface area contributed by atoms with Gasteiger partial charge in [0.2, 0.25) is 5.91 Å². The number of rotatable bonds is 8. The third-order valence-corrected chi connectivity index (χ3v) is 7.78. The molecule has 1 atom stereocenters. The summed E-state index contributed by atoms with van der Waals surface area (Å²) in [4.78, 5) is 42.5. The molecule has 0 spiro atoms. The molecule has 2 aliphatic heterocycles. The van der Waals surface area contributed by atoms with Crippen molar-refractivity contribution in [2.45, 2.75) is 45.1 Å². The minimum absolute atomic E-state index is 0.0306. The van der Waals surface area contributed by atoms with E-state index in [0.717, 1.165) is 43.7 Å². The van der Waals surface area contributed by atoms with Crippen molar-refractivity contribution in [2.24, 2.45) is 5.92 Å². The molecule has 1 saturated heterocycles. The van der Waals surface area contributed by atoms with E-state index in [0.29, 0.717) is 23.5 Å². The Hall–Kier alpha value is -3.77. The molecule has 0 bridgehead atoms. The molecule has 1 N–H and O–H groups in total. The maximum Gasteiger partial charge on any atom is 0.262 e. The van der Waals surface area contributed by atoms with Gasteiger partial charge in [-0.25, -0.2) is 0 Å². The number of nitrogens with zero attached hydrogens (tertiary/aromatic N) is 2. The van der Waals surface area contributed by atoms with Crippen molar-refractivity contribution < 1.29 is 14.4 Å². The molecular formula is C32H35N3O3. The van der Waals surface area contributed by atoms with E-state index in [1.165, 1.54) is 10.5 Å². The number of amides is 3. The normalized spacial score (nSPS) is 17.1. The number of imide groups is 1. The monoisotopic (exact) mass is 509 g/mol. The van der Waals surface area contributed by atoms with Gasteiger partial charge in [0.25, 0.3) is 11.8 Å². The van der Waals surface area contributed by atoms with Crippen LogP contribution in [0.4, 0.5) is 5.69 Å². The molecule has 0 aromatic heterocycles. The van der Waals surface area contributed by atoms with Gasteiger partial charge in [0.05, 0.1) is 17.2 Å². The minimum Gasteiger partial charge on any atom is -0.326 e. The number of fused-ring (bicyclic) bond motifs is 1. The van der Waals surface area contributed by atoms with Crippen molar-refractivity contribution >= 4 is 23.4 Å². The second kappa shape index (κ2) is 11.3. The first kappa shape index (κ1) is 25.9. The number of likely N-dealkylation sites (tertiary alicyclic amines) is 1. The van der Waals surface area contributed by atoms with E-state index < -0.39 is 0 Å². The van der Waals surface area contributed by atoms with Crippen molar-refractivity contribution in [1.82, 2.24) is 9.80 Å². The van der Waals surface area contributed by atoms with Crippen LogP contribution in [-0.4, -0.2) is 47.2 Å². The SMILES string of the molecule is CC(C)C(=O)Nc1cccc(C2CCN(CCC(c3ccccc3)N3C(=O)c4ccccc4C3=O)CC2)c1. The van der Waals surface area contributed by atoms with Gasteiger partial charge in [0.1, 0.15) is 0 Å². The molecule has 1 unspecified atom stereocenters. The number of nitrogens with one attached hydrogen (secondary N) is 1. The maximum absolute atomic E-state index is 13.3. The second-order valence-electron chi connectivity index (χ2n) is 10.6. The van der Waals surface area contributed by atoms with Crippen molar-refractivity contribution in [2.75, 3.05) is 25.0 Å². The molecule has 0 saturated carbocycles. The summed E-state index contributed by atoms with van der Waals surface area (Å²) in [5, 5.41) is 3.01. The summed E-state index contributed by atoms with van der Waals surface area (Å²) >= 11 is 0. The lowest BCUT2D eigenvalue weighted by atomic mass is 9.89. The molecule has 3 amide bonds. The molecule has 6 nitrogen and oxygen atoms in total. The fraction of sp³-hybridized carbons (Fsp3) is 0.344. The van der Waals surface area contributed by atoms with E-state index in [4.69, 9.17) is 0 Å². The summed E-state index contributed by atoms with van der Waals surface area (Å²) < 4.78 is 0. The first-order chi connectivity index (χ1) is 18.4. The van der Waals surface area contributed by atoms with Crippen molar-refractivity contribution in [3.05, 3.63) is 101 Å². The molecule has 2 heterocycles. The summed E-state index contributed by atoms with van der Waals surface area (Å²) in [6.07, 6.45) is 2.76. The molecule has 38 heavy (non-hydrogen) atoms. The molecule has 6 heteroatoms. The highest BCUT2D eigenvalue weighted by Gasteiger charge is 2.40. The van der Waals surface area contributed by atoms with Gasteiger partial charge in [-0.3, -0.25) is 19.3 Å². The fourth-order valence-corrected chi connectivity index (χ4v) is 5.56. The summed E-state index contributed by atoms with van der Waals surface area (Å²) in [7, 11) is 0.